The molecule has 2 N–H and O–H groups in total. The number of amides is 1. The summed E-state index contributed by atoms with van der Waals surface area (Å²) in [7, 11) is 1.92. The smallest absolute Gasteiger partial charge is 0.225 e. The topological polar surface area (TPSA) is 68.2 Å². The van der Waals surface area contributed by atoms with Gasteiger partial charge in [0.1, 0.15) is 0 Å². The van der Waals surface area contributed by atoms with Crippen LogP contribution in [0.4, 0.5) is 0 Å². The van der Waals surface area contributed by atoms with Gasteiger partial charge in [0.2, 0.25) is 5.91 Å². The number of hydrogen-bond donors (Lipinski definition) is 2. The zero-order chi connectivity index (χ0) is 17.7. The van der Waals surface area contributed by atoms with Gasteiger partial charge in [-0.15, -0.1) is 12.4 Å². The van der Waals surface area contributed by atoms with Gasteiger partial charge in [-0.05, 0) is 37.2 Å². The number of nitrogens with zero attached hydrogens (tertiary/aromatic N) is 2. The van der Waals surface area contributed by atoms with Gasteiger partial charge < -0.3 is 15.4 Å². The van der Waals surface area contributed by atoms with Crippen molar-refractivity contribution in [1.29, 1.82) is 0 Å². The number of nitrogens with one attached hydrogen (secondary N) is 2. The second kappa shape index (κ2) is 9.72. The molecule has 1 amide bonds. The molecule has 0 radical (unpaired) electrons. The zero-order valence-corrected chi connectivity index (χ0v) is 16.8. The van der Waals surface area contributed by atoms with Crippen molar-refractivity contribution in [3.05, 3.63) is 18.0 Å². The molecule has 0 bridgehead atoms. The molecule has 0 unspecified atom stereocenters. The lowest BCUT2D eigenvalue weighted by Crippen LogP contribution is -2.41. The van der Waals surface area contributed by atoms with Gasteiger partial charge >= 0.3 is 0 Å². The van der Waals surface area contributed by atoms with E-state index in [4.69, 9.17) is 4.74 Å². The first-order chi connectivity index (χ1) is 12.1. The Kier molecular flexibility index (Phi) is 7.92. The average molecular weight is 385 g/mol. The molecule has 0 aromatic carbocycles. The molecule has 2 aliphatic rings. The molecule has 3 rings (SSSR count). The Morgan fingerprint density at radius 2 is 2.19 bits per heavy atom. The van der Waals surface area contributed by atoms with Gasteiger partial charge in [0, 0.05) is 52.0 Å². The van der Waals surface area contributed by atoms with Crippen LogP contribution < -0.4 is 10.6 Å². The fraction of sp³-hybridized carbons (Fsp3) is 0.789. The van der Waals surface area contributed by atoms with Crippen molar-refractivity contribution >= 4 is 18.3 Å². The molecule has 7 heteroatoms. The molecule has 6 nitrogen and oxygen atoms in total. The minimum atomic E-state index is -0.00505. The summed E-state index contributed by atoms with van der Waals surface area (Å²) < 4.78 is 7.38. The summed E-state index contributed by atoms with van der Waals surface area (Å²) in [6.45, 7) is 5.99. The Morgan fingerprint density at radius 1 is 1.42 bits per heavy atom. The van der Waals surface area contributed by atoms with Crippen LogP contribution in [-0.4, -0.2) is 48.5 Å². The van der Waals surface area contributed by atoms with Crippen molar-refractivity contribution in [2.24, 2.45) is 18.4 Å². The summed E-state index contributed by atoms with van der Waals surface area (Å²) >= 11 is 0. The van der Waals surface area contributed by atoms with Crippen LogP contribution >= 0.6 is 12.4 Å². The van der Waals surface area contributed by atoms with Crippen molar-refractivity contribution in [2.75, 3.05) is 32.8 Å². The highest BCUT2D eigenvalue weighted by Crippen LogP contribution is 2.40. The molecule has 1 saturated heterocycles. The number of hydrogen-bond acceptors (Lipinski definition) is 4. The number of aryl methyl sites for hydroxylation is 1. The summed E-state index contributed by atoms with van der Waals surface area (Å²) in [6, 6.07) is 0. The van der Waals surface area contributed by atoms with Gasteiger partial charge in [0.25, 0.3) is 0 Å². The van der Waals surface area contributed by atoms with E-state index >= 15 is 0 Å². The molecule has 1 aliphatic carbocycles. The highest BCUT2D eigenvalue weighted by Gasteiger charge is 2.37. The van der Waals surface area contributed by atoms with Crippen LogP contribution in [0, 0.1) is 11.3 Å². The summed E-state index contributed by atoms with van der Waals surface area (Å²) in [5.41, 5.74) is 1.39. The van der Waals surface area contributed by atoms with Gasteiger partial charge in [-0.3, -0.25) is 9.48 Å². The van der Waals surface area contributed by atoms with Crippen molar-refractivity contribution in [3.8, 4) is 0 Å². The maximum atomic E-state index is 12.9. The van der Waals surface area contributed by atoms with E-state index < -0.39 is 0 Å². The molecule has 2 atom stereocenters. The Bertz CT molecular complexity index is 572. The SMILES string of the molecule is CCOCCC1(CNC(=O)[C@H]2CNC[C@@H]2c2cnn(C)c2)CCCC1.Cl. The molecule has 1 aromatic heterocycles. The Hall–Kier alpha value is -1.11. The van der Waals surface area contributed by atoms with Crippen molar-refractivity contribution < 1.29 is 9.53 Å². The molecule has 1 aromatic rings. The maximum absolute atomic E-state index is 12.9. The third-order valence-electron chi connectivity index (χ3n) is 5.99. The summed E-state index contributed by atoms with van der Waals surface area (Å²) in [4.78, 5) is 12.9. The van der Waals surface area contributed by atoms with Crippen molar-refractivity contribution in [3.63, 3.8) is 0 Å². The monoisotopic (exact) mass is 384 g/mol. The first-order valence-corrected chi connectivity index (χ1v) is 9.68. The average Bonchev–Trinajstić information content (AvgIpc) is 3.33. The van der Waals surface area contributed by atoms with Gasteiger partial charge in [0.05, 0.1) is 12.1 Å². The fourth-order valence-corrected chi connectivity index (χ4v) is 4.41. The quantitative estimate of drug-likeness (QED) is 0.674. The van der Waals surface area contributed by atoms with E-state index in [1.54, 1.807) is 0 Å². The van der Waals surface area contributed by atoms with Crippen molar-refractivity contribution in [1.82, 2.24) is 20.4 Å². The zero-order valence-electron chi connectivity index (χ0n) is 16.0. The lowest BCUT2D eigenvalue weighted by molar-refractivity contribution is -0.125. The van der Waals surface area contributed by atoms with Crippen molar-refractivity contribution in [2.45, 2.75) is 44.9 Å². The standard InChI is InChI=1S/C19H32N4O2.ClH/c1-3-25-9-8-19(6-4-5-7-19)14-21-18(24)17-12-20-11-16(17)15-10-22-23(2)13-15;/h10,13,16-17,20H,3-9,11-12,14H2,1-2H3,(H,21,24);1H/t16-,17+;/m1./s1. The number of rotatable bonds is 8. The molecule has 1 aliphatic heterocycles. The van der Waals surface area contributed by atoms with E-state index in [1.165, 1.54) is 25.7 Å². The lowest BCUT2D eigenvalue weighted by Gasteiger charge is -2.30. The predicted octanol–water partition coefficient (Wildman–Crippen LogP) is 2.25. The van der Waals surface area contributed by atoms with Crippen LogP contribution in [0.3, 0.4) is 0 Å². The third-order valence-corrected chi connectivity index (χ3v) is 5.99. The van der Waals surface area contributed by atoms with E-state index in [0.717, 1.165) is 44.8 Å². The number of aromatic nitrogens is 2. The van der Waals surface area contributed by atoms with Gasteiger partial charge in [-0.2, -0.15) is 5.10 Å². The van der Waals surface area contributed by atoms with Crippen LogP contribution in [0.15, 0.2) is 12.4 Å². The molecule has 26 heavy (non-hydrogen) atoms. The van der Waals surface area contributed by atoms with Crippen LogP contribution in [-0.2, 0) is 16.6 Å². The fourth-order valence-electron chi connectivity index (χ4n) is 4.41. The highest BCUT2D eigenvalue weighted by atomic mass is 35.5. The predicted molar refractivity (Wildman–Crippen MR) is 105 cm³/mol. The van der Waals surface area contributed by atoms with Gasteiger partial charge in [-0.1, -0.05) is 12.8 Å². The van der Waals surface area contributed by atoms with Crippen LogP contribution in [0.25, 0.3) is 0 Å². The second-order valence-corrected chi connectivity index (χ2v) is 7.69. The van der Waals surface area contributed by atoms with Gasteiger partial charge in [-0.25, -0.2) is 0 Å². The van der Waals surface area contributed by atoms with Gasteiger partial charge in [0.15, 0.2) is 0 Å². The largest absolute Gasteiger partial charge is 0.382 e. The Morgan fingerprint density at radius 3 is 2.85 bits per heavy atom. The summed E-state index contributed by atoms with van der Waals surface area (Å²) in [5.74, 6) is 0.396. The maximum Gasteiger partial charge on any atom is 0.225 e. The highest BCUT2D eigenvalue weighted by molar-refractivity contribution is 5.85. The number of carbonyl (C=O) groups is 1. The van der Waals surface area contributed by atoms with E-state index in [9.17, 15) is 4.79 Å². The Labute approximate surface area is 162 Å². The minimum Gasteiger partial charge on any atom is -0.382 e. The number of carbonyl (C=O) groups excluding carboxylic acids is 1. The minimum absolute atomic E-state index is 0. The van der Waals surface area contributed by atoms with Crippen LogP contribution in [0.1, 0.15) is 50.5 Å². The molecule has 2 heterocycles. The molecular formula is C19H33ClN4O2. The molecule has 0 spiro atoms. The van der Waals surface area contributed by atoms with Crippen LogP contribution in [0.5, 0.6) is 0 Å². The first-order valence-electron chi connectivity index (χ1n) is 9.68. The molecule has 2 fully saturated rings. The van der Waals surface area contributed by atoms with E-state index in [0.29, 0.717) is 0 Å². The second-order valence-electron chi connectivity index (χ2n) is 7.69. The Balaban J connectivity index is 0.00000243. The lowest BCUT2D eigenvalue weighted by atomic mass is 9.82. The van der Waals surface area contributed by atoms with E-state index in [2.05, 4.69) is 15.7 Å². The van der Waals surface area contributed by atoms with Crippen LogP contribution in [0.2, 0.25) is 0 Å². The third kappa shape index (κ3) is 4.99. The molecular weight excluding hydrogens is 352 g/mol. The molecule has 148 valence electrons. The normalized spacial score (nSPS) is 24.4. The number of ether oxygens (including phenoxy) is 1. The first kappa shape index (κ1) is 21.2. The summed E-state index contributed by atoms with van der Waals surface area (Å²) in [5, 5.41) is 10.9. The summed E-state index contributed by atoms with van der Waals surface area (Å²) in [6.07, 6.45) is 9.91. The van der Waals surface area contributed by atoms with E-state index in [1.807, 2.05) is 31.0 Å². The number of halogens is 1. The molecule has 1 saturated carbocycles. The van der Waals surface area contributed by atoms with E-state index in [-0.39, 0.29) is 35.6 Å².